The third-order valence-corrected chi connectivity index (χ3v) is 4.17. The molecule has 0 atom stereocenters. The molecule has 5 nitrogen and oxygen atoms in total. The Kier molecular flexibility index (Phi) is 2.68. The number of benzene rings is 2. The summed E-state index contributed by atoms with van der Waals surface area (Å²) in [5.41, 5.74) is 8.32. The van der Waals surface area contributed by atoms with Crippen molar-refractivity contribution in [3.8, 4) is 16.5 Å². The smallest absolute Gasteiger partial charge is 0.212 e. The van der Waals surface area contributed by atoms with Crippen molar-refractivity contribution in [2.75, 3.05) is 5.73 Å². The normalized spacial score (nSPS) is 11.0. The third-order valence-electron chi connectivity index (χ3n) is 3.14. The van der Waals surface area contributed by atoms with E-state index in [0.29, 0.717) is 5.82 Å². The van der Waals surface area contributed by atoms with Crippen LogP contribution >= 0.6 is 11.3 Å². The molecule has 0 radical (unpaired) electrons. The second-order valence-corrected chi connectivity index (χ2v) is 5.61. The number of hydrogen-bond acceptors (Lipinski definition) is 5. The molecule has 0 aliphatic carbocycles. The lowest BCUT2D eigenvalue weighted by atomic mass is 10.2. The number of rotatable bonds is 2. The second-order valence-electron chi connectivity index (χ2n) is 4.60. The lowest BCUT2D eigenvalue weighted by Crippen LogP contribution is -1.93. The van der Waals surface area contributed by atoms with E-state index in [-0.39, 0.29) is 0 Å². The first-order valence-corrected chi connectivity index (χ1v) is 7.25. The molecule has 0 bridgehead atoms. The van der Waals surface area contributed by atoms with Gasteiger partial charge in [-0.1, -0.05) is 23.5 Å². The fourth-order valence-electron chi connectivity index (χ4n) is 2.08. The minimum atomic E-state index is 0.661. The maximum atomic E-state index is 5.69. The van der Waals surface area contributed by atoms with Gasteiger partial charge in [0.05, 0.1) is 10.2 Å². The van der Waals surface area contributed by atoms with E-state index in [2.05, 4.69) is 15.1 Å². The Balaban J connectivity index is 1.75. The van der Waals surface area contributed by atoms with Crippen LogP contribution in [0.4, 0.5) is 5.69 Å². The molecule has 4 rings (SSSR count). The van der Waals surface area contributed by atoms with E-state index in [0.717, 1.165) is 26.6 Å². The van der Waals surface area contributed by atoms with Gasteiger partial charge in [0.1, 0.15) is 6.33 Å². The summed E-state index contributed by atoms with van der Waals surface area (Å²) in [7, 11) is 0. The predicted octanol–water partition coefficient (Wildman–Crippen LogP) is 3.13. The van der Waals surface area contributed by atoms with Gasteiger partial charge < -0.3 is 5.73 Å². The Morgan fingerprint density at radius 1 is 1.00 bits per heavy atom. The molecule has 4 aromatic rings. The summed E-state index contributed by atoms with van der Waals surface area (Å²) in [6.07, 6.45) is 1.68. The van der Waals surface area contributed by atoms with Crippen molar-refractivity contribution >= 4 is 27.2 Å². The number of nitrogens with two attached hydrogens (primary N) is 1. The van der Waals surface area contributed by atoms with Gasteiger partial charge in [-0.3, -0.25) is 0 Å². The minimum Gasteiger partial charge on any atom is -0.399 e. The topological polar surface area (TPSA) is 69.6 Å². The number of aromatic nitrogens is 4. The van der Waals surface area contributed by atoms with E-state index >= 15 is 0 Å². The van der Waals surface area contributed by atoms with Crippen molar-refractivity contribution in [3.05, 3.63) is 54.9 Å². The van der Waals surface area contributed by atoms with Crippen LogP contribution in [0.1, 0.15) is 0 Å². The molecular formula is C15H11N5S. The Hall–Kier alpha value is -2.73. The highest BCUT2D eigenvalue weighted by molar-refractivity contribution is 7.20. The summed E-state index contributed by atoms with van der Waals surface area (Å²) in [6, 6.07) is 15.5. The van der Waals surface area contributed by atoms with Gasteiger partial charge in [-0.15, -0.1) is 5.10 Å². The van der Waals surface area contributed by atoms with Crippen LogP contribution < -0.4 is 5.73 Å². The Morgan fingerprint density at radius 3 is 2.62 bits per heavy atom. The lowest BCUT2D eigenvalue weighted by molar-refractivity contribution is 0.874. The van der Waals surface area contributed by atoms with Crippen molar-refractivity contribution in [1.29, 1.82) is 0 Å². The van der Waals surface area contributed by atoms with E-state index in [9.17, 15) is 0 Å². The summed E-state index contributed by atoms with van der Waals surface area (Å²) in [4.78, 5) is 8.90. The van der Waals surface area contributed by atoms with Crippen molar-refractivity contribution < 1.29 is 0 Å². The number of nitrogens with zero attached hydrogens (tertiary/aromatic N) is 4. The van der Waals surface area contributed by atoms with Gasteiger partial charge in [-0.05, 0) is 36.4 Å². The zero-order valence-corrected chi connectivity index (χ0v) is 11.8. The fourth-order valence-corrected chi connectivity index (χ4v) is 2.96. The van der Waals surface area contributed by atoms with Crippen LogP contribution in [0.15, 0.2) is 54.9 Å². The summed E-state index contributed by atoms with van der Waals surface area (Å²) in [6.45, 7) is 0. The largest absolute Gasteiger partial charge is 0.399 e. The lowest BCUT2D eigenvalue weighted by Gasteiger charge is -1.96. The molecule has 0 spiro atoms. The monoisotopic (exact) mass is 293 g/mol. The molecular weight excluding hydrogens is 282 g/mol. The van der Waals surface area contributed by atoms with Crippen LogP contribution in [0, 0.1) is 0 Å². The summed E-state index contributed by atoms with van der Waals surface area (Å²) < 4.78 is 2.84. The van der Waals surface area contributed by atoms with Crippen LogP contribution in [0.5, 0.6) is 0 Å². The van der Waals surface area contributed by atoms with E-state index in [1.807, 2.05) is 48.5 Å². The van der Waals surface area contributed by atoms with E-state index in [4.69, 9.17) is 5.73 Å². The highest BCUT2D eigenvalue weighted by Gasteiger charge is 2.09. The Bertz CT molecular complexity index is 874. The molecule has 0 saturated carbocycles. The molecule has 0 amide bonds. The van der Waals surface area contributed by atoms with Crippen molar-refractivity contribution in [2.45, 2.75) is 0 Å². The molecule has 0 aliphatic heterocycles. The molecule has 0 aliphatic rings. The zero-order valence-electron chi connectivity index (χ0n) is 11.0. The van der Waals surface area contributed by atoms with Gasteiger partial charge in [0.2, 0.25) is 5.13 Å². The average molecular weight is 293 g/mol. The van der Waals surface area contributed by atoms with Crippen LogP contribution in [0.3, 0.4) is 0 Å². The van der Waals surface area contributed by atoms with E-state index < -0.39 is 0 Å². The third kappa shape index (κ3) is 2.15. The van der Waals surface area contributed by atoms with Crippen molar-refractivity contribution in [3.63, 3.8) is 0 Å². The van der Waals surface area contributed by atoms with Crippen LogP contribution in [0.2, 0.25) is 0 Å². The number of para-hydroxylation sites is 1. The van der Waals surface area contributed by atoms with Gasteiger partial charge in [-0.25, -0.2) is 9.97 Å². The van der Waals surface area contributed by atoms with Gasteiger partial charge in [-0.2, -0.15) is 4.68 Å². The molecule has 6 heteroatoms. The summed E-state index contributed by atoms with van der Waals surface area (Å²) >= 11 is 1.59. The van der Waals surface area contributed by atoms with Gasteiger partial charge in [0, 0.05) is 11.3 Å². The second kappa shape index (κ2) is 4.68. The number of thiazole rings is 1. The quantitative estimate of drug-likeness (QED) is 0.576. The molecule has 2 aromatic heterocycles. The molecule has 2 N–H and O–H groups in total. The molecule has 21 heavy (non-hydrogen) atoms. The summed E-state index contributed by atoms with van der Waals surface area (Å²) in [5, 5.41) is 5.30. The van der Waals surface area contributed by atoms with Crippen LogP contribution in [-0.4, -0.2) is 19.7 Å². The van der Waals surface area contributed by atoms with E-state index in [1.165, 1.54) is 0 Å². The van der Waals surface area contributed by atoms with Gasteiger partial charge >= 0.3 is 0 Å². The first-order valence-electron chi connectivity index (χ1n) is 6.43. The number of nitrogen functional groups attached to an aromatic ring is 1. The molecule has 0 fully saturated rings. The maximum absolute atomic E-state index is 5.69. The van der Waals surface area contributed by atoms with Crippen molar-refractivity contribution in [2.24, 2.45) is 0 Å². The molecule has 2 aromatic carbocycles. The number of hydrogen-bond donors (Lipinski definition) is 1. The maximum Gasteiger partial charge on any atom is 0.212 e. The zero-order chi connectivity index (χ0) is 14.2. The summed E-state index contributed by atoms with van der Waals surface area (Å²) in [5.74, 6) is 0.661. The highest BCUT2D eigenvalue weighted by atomic mass is 32.1. The minimum absolute atomic E-state index is 0.661. The molecule has 102 valence electrons. The SMILES string of the molecule is Nc1ccc(-c2ncn(-c3nc4ccccc4s3)n2)cc1. The number of anilines is 1. The molecule has 2 heterocycles. The predicted molar refractivity (Wildman–Crippen MR) is 84.4 cm³/mol. The fraction of sp³-hybridized carbons (Fsp3) is 0. The Labute approximate surface area is 124 Å². The van der Waals surface area contributed by atoms with Crippen LogP contribution in [0.25, 0.3) is 26.7 Å². The average Bonchev–Trinajstić information content (AvgIpc) is 3.14. The Morgan fingerprint density at radius 2 is 1.81 bits per heavy atom. The number of fused-ring (bicyclic) bond motifs is 1. The van der Waals surface area contributed by atoms with E-state index in [1.54, 1.807) is 22.3 Å². The standard InChI is InChI=1S/C15H11N5S/c16-11-7-5-10(6-8-11)14-17-9-20(19-14)15-18-12-3-1-2-4-13(12)21-15/h1-9H,16H2. The van der Waals surface area contributed by atoms with Gasteiger partial charge in [0.15, 0.2) is 5.82 Å². The highest BCUT2D eigenvalue weighted by Crippen LogP contribution is 2.24. The van der Waals surface area contributed by atoms with Crippen molar-refractivity contribution in [1.82, 2.24) is 19.7 Å². The first kappa shape index (κ1) is 12.0. The first-order chi connectivity index (χ1) is 10.3. The van der Waals surface area contributed by atoms with Crippen LogP contribution in [-0.2, 0) is 0 Å². The molecule has 0 unspecified atom stereocenters. The molecule has 0 saturated heterocycles. The van der Waals surface area contributed by atoms with Gasteiger partial charge in [0.25, 0.3) is 0 Å².